The number of carbonyl (C=O) groups is 1. The summed E-state index contributed by atoms with van der Waals surface area (Å²) in [7, 11) is -3.86. The molecule has 1 fully saturated rings. The Balaban J connectivity index is 0.00000274. The summed E-state index contributed by atoms with van der Waals surface area (Å²) in [5.74, 6) is -0.570. The van der Waals surface area contributed by atoms with E-state index in [1.807, 2.05) is 4.90 Å². The summed E-state index contributed by atoms with van der Waals surface area (Å²) in [6.45, 7) is 1.08. The number of fused-ring (bicyclic) bond motifs is 1. The van der Waals surface area contributed by atoms with Crippen molar-refractivity contribution < 1.29 is 19.0 Å². The van der Waals surface area contributed by atoms with Crippen LogP contribution in [0.5, 0.6) is 0 Å². The summed E-state index contributed by atoms with van der Waals surface area (Å²) in [4.78, 5) is 24.6. The molecule has 1 aromatic heterocycles. The molecule has 0 spiro atoms. The maximum atomic E-state index is 13.8. The summed E-state index contributed by atoms with van der Waals surface area (Å²) < 4.78 is 41.3. The molecule has 2 aromatic carbocycles. The minimum absolute atomic E-state index is 0. The molecule has 172 valence electrons. The van der Waals surface area contributed by atoms with Crippen LogP contribution in [0.1, 0.15) is 13.4 Å². The third kappa shape index (κ3) is 3.89. The number of nitrogens with one attached hydrogen (secondary N) is 1. The molecule has 33 heavy (non-hydrogen) atoms. The van der Waals surface area contributed by atoms with Crippen molar-refractivity contribution in [2.45, 2.75) is 23.8 Å². The molecule has 0 unspecified atom stereocenters. The van der Waals surface area contributed by atoms with Crippen LogP contribution in [-0.4, -0.2) is 43.4 Å². The van der Waals surface area contributed by atoms with E-state index in [2.05, 4.69) is 14.7 Å². The first-order valence-corrected chi connectivity index (χ1v) is 12.2. The summed E-state index contributed by atoms with van der Waals surface area (Å²) in [6, 6.07) is 10.3. The van der Waals surface area contributed by atoms with Gasteiger partial charge in [0.1, 0.15) is 11.9 Å². The van der Waals surface area contributed by atoms with E-state index in [1.165, 1.54) is 30.6 Å². The van der Waals surface area contributed by atoms with Crippen LogP contribution in [0, 0.1) is 5.82 Å². The number of rotatable bonds is 5. The normalized spacial score (nSPS) is 18.0. The van der Waals surface area contributed by atoms with E-state index in [0.29, 0.717) is 31.6 Å². The Kier molecular flexibility index (Phi) is 5.41. The number of benzene rings is 2. The van der Waals surface area contributed by atoms with Crippen LogP contribution >= 0.6 is 11.6 Å². The summed E-state index contributed by atoms with van der Waals surface area (Å²) in [6.07, 6.45) is 4.06. The highest BCUT2D eigenvalue weighted by Crippen LogP contribution is 2.38. The quantitative estimate of drug-likeness (QED) is 0.589. The molecule has 0 aliphatic carbocycles. The van der Waals surface area contributed by atoms with Crippen LogP contribution < -0.4 is 14.5 Å². The molecule has 2 aliphatic heterocycles. The molecule has 8 nitrogen and oxygen atoms in total. The molecule has 3 heterocycles. The Morgan fingerprint density at radius 3 is 2.55 bits per heavy atom. The van der Waals surface area contributed by atoms with Crippen molar-refractivity contribution in [2.24, 2.45) is 0 Å². The molecule has 1 N–H and O–H groups in total. The summed E-state index contributed by atoms with van der Waals surface area (Å²) in [5, 5.41) is 0.114. The average Bonchev–Trinajstić information content (AvgIpc) is 3.40. The van der Waals surface area contributed by atoms with E-state index in [0.717, 1.165) is 11.3 Å². The molecular weight excluding hydrogens is 469 g/mol. The topological polar surface area (TPSA) is 95.5 Å². The molecule has 11 heteroatoms. The number of aromatic nitrogens is 2. The monoisotopic (exact) mass is 489 g/mol. The van der Waals surface area contributed by atoms with Gasteiger partial charge in [-0.05, 0) is 60.9 Å². The fraction of sp³-hybridized carbons (Fsp3) is 0.227. The maximum Gasteiger partial charge on any atom is 0.264 e. The van der Waals surface area contributed by atoms with E-state index in [9.17, 15) is 17.6 Å². The molecule has 3 aromatic rings. The smallest absolute Gasteiger partial charge is 0.264 e. The highest BCUT2D eigenvalue weighted by Gasteiger charge is 2.39. The van der Waals surface area contributed by atoms with E-state index in [4.69, 9.17) is 11.6 Å². The lowest BCUT2D eigenvalue weighted by molar-refractivity contribution is -0.118. The predicted molar refractivity (Wildman–Crippen MR) is 125 cm³/mol. The molecule has 0 radical (unpaired) electrons. The molecular formula is C22H21ClFN5O3S. The SMILES string of the molecule is O=C1[C@@H](N2CCc3c2ccc(F)c3Cl)CCN1c1ccc(S(=O)(=O)Nc2ncccn2)cc1.[HH]. The van der Waals surface area contributed by atoms with Crippen molar-refractivity contribution in [1.29, 1.82) is 0 Å². The zero-order valence-corrected chi connectivity index (χ0v) is 18.9. The Labute approximate surface area is 196 Å². The fourth-order valence-electron chi connectivity index (χ4n) is 4.31. The molecule has 1 saturated heterocycles. The first-order valence-electron chi connectivity index (χ1n) is 10.3. The minimum atomic E-state index is -3.86. The Bertz CT molecular complexity index is 1330. The van der Waals surface area contributed by atoms with Gasteiger partial charge in [-0.25, -0.2) is 27.5 Å². The number of anilines is 3. The lowest BCUT2D eigenvalue weighted by atomic mass is 10.1. The van der Waals surface area contributed by atoms with Gasteiger partial charge in [0.2, 0.25) is 11.9 Å². The van der Waals surface area contributed by atoms with Crippen LogP contribution in [0.4, 0.5) is 21.7 Å². The van der Waals surface area contributed by atoms with Gasteiger partial charge in [0.05, 0.1) is 9.92 Å². The van der Waals surface area contributed by atoms with Gasteiger partial charge >= 0.3 is 0 Å². The zero-order chi connectivity index (χ0) is 23.2. The maximum absolute atomic E-state index is 13.8. The third-order valence-corrected chi connectivity index (χ3v) is 7.64. The average molecular weight is 490 g/mol. The molecule has 2 aliphatic rings. The highest BCUT2D eigenvalue weighted by molar-refractivity contribution is 7.92. The van der Waals surface area contributed by atoms with Gasteiger partial charge in [-0.2, -0.15) is 0 Å². The second kappa shape index (κ2) is 8.27. The van der Waals surface area contributed by atoms with Crippen molar-refractivity contribution >= 4 is 44.9 Å². The van der Waals surface area contributed by atoms with Crippen molar-refractivity contribution in [3.05, 3.63) is 71.3 Å². The van der Waals surface area contributed by atoms with Gasteiger partial charge in [0.25, 0.3) is 10.0 Å². The van der Waals surface area contributed by atoms with Gasteiger partial charge in [0, 0.05) is 38.3 Å². The molecule has 0 bridgehead atoms. The second-order valence-electron chi connectivity index (χ2n) is 7.77. The lowest BCUT2D eigenvalue weighted by Gasteiger charge is -2.26. The van der Waals surface area contributed by atoms with Crippen molar-refractivity contribution in [3.8, 4) is 0 Å². The Hall–Kier alpha value is -3.24. The Morgan fingerprint density at radius 1 is 1.09 bits per heavy atom. The van der Waals surface area contributed by atoms with Crippen LogP contribution in [0.15, 0.2) is 59.8 Å². The van der Waals surface area contributed by atoms with Gasteiger partial charge in [-0.15, -0.1) is 0 Å². The molecule has 5 rings (SSSR count). The Morgan fingerprint density at radius 2 is 1.82 bits per heavy atom. The molecule has 1 atom stereocenters. The van der Waals surface area contributed by atoms with E-state index in [-0.39, 0.29) is 29.2 Å². The number of hydrogen-bond donors (Lipinski definition) is 1. The number of amides is 1. The van der Waals surface area contributed by atoms with Crippen LogP contribution in [0.25, 0.3) is 0 Å². The first-order chi connectivity index (χ1) is 15.8. The van der Waals surface area contributed by atoms with Crippen LogP contribution in [0.2, 0.25) is 5.02 Å². The van der Waals surface area contributed by atoms with Gasteiger partial charge in [-0.1, -0.05) is 11.6 Å². The second-order valence-corrected chi connectivity index (χ2v) is 9.83. The lowest BCUT2D eigenvalue weighted by Crippen LogP contribution is -2.41. The van der Waals surface area contributed by atoms with Crippen molar-refractivity contribution in [3.63, 3.8) is 0 Å². The summed E-state index contributed by atoms with van der Waals surface area (Å²) >= 11 is 6.12. The zero-order valence-electron chi connectivity index (χ0n) is 17.3. The summed E-state index contributed by atoms with van der Waals surface area (Å²) in [5.41, 5.74) is 2.12. The van der Waals surface area contributed by atoms with Crippen LogP contribution in [-0.2, 0) is 21.2 Å². The fourth-order valence-corrected chi connectivity index (χ4v) is 5.52. The minimum Gasteiger partial charge on any atom is -0.359 e. The molecule has 1 amide bonds. The van der Waals surface area contributed by atoms with Gasteiger partial charge in [-0.3, -0.25) is 4.79 Å². The number of halogens is 2. The highest BCUT2D eigenvalue weighted by atomic mass is 35.5. The van der Waals surface area contributed by atoms with Crippen LogP contribution in [0.3, 0.4) is 0 Å². The largest absolute Gasteiger partial charge is 0.359 e. The third-order valence-electron chi connectivity index (χ3n) is 5.89. The first kappa shape index (κ1) is 21.6. The predicted octanol–water partition coefficient (Wildman–Crippen LogP) is 3.48. The van der Waals surface area contributed by atoms with E-state index >= 15 is 0 Å². The van der Waals surface area contributed by atoms with Gasteiger partial charge in [0.15, 0.2) is 0 Å². The molecule has 0 saturated carbocycles. The number of nitrogens with zero attached hydrogens (tertiary/aromatic N) is 4. The van der Waals surface area contributed by atoms with Gasteiger partial charge < -0.3 is 9.80 Å². The van der Waals surface area contributed by atoms with E-state index < -0.39 is 15.8 Å². The number of carbonyl (C=O) groups excluding carboxylic acids is 1. The van der Waals surface area contributed by atoms with E-state index in [1.54, 1.807) is 29.2 Å². The number of hydrogen-bond acceptors (Lipinski definition) is 6. The standard InChI is InChI=1S/C22H19ClFN5O3S.H2/c23-20-16-8-12-29(18(16)7-6-17(20)24)19-9-13-28(21(19)30)14-2-4-15(5-3-14)33(31,32)27-22-25-10-1-11-26-22;/h1-7,10-11,19H,8-9,12-13H2,(H,25,26,27);1H/t19-;/m0./s1. The van der Waals surface area contributed by atoms with Crippen molar-refractivity contribution in [1.82, 2.24) is 9.97 Å². The van der Waals surface area contributed by atoms with Crippen molar-refractivity contribution in [2.75, 3.05) is 27.6 Å². The number of sulfonamides is 1.